The van der Waals surface area contributed by atoms with Crippen molar-refractivity contribution in [3.05, 3.63) is 65.0 Å². The van der Waals surface area contributed by atoms with Gasteiger partial charge in [-0.2, -0.15) is 4.98 Å². The topological polar surface area (TPSA) is 68.5 Å². The van der Waals surface area contributed by atoms with Gasteiger partial charge in [0, 0.05) is 17.1 Å². The molecule has 1 fully saturated rings. The lowest BCUT2D eigenvalue weighted by molar-refractivity contribution is 0.0706. The van der Waals surface area contributed by atoms with Crippen LogP contribution in [-0.2, 0) is 0 Å². The van der Waals surface area contributed by atoms with Gasteiger partial charge in [0.1, 0.15) is 11.8 Å². The molecule has 1 atom stereocenters. The average Bonchev–Trinajstić information content (AvgIpc) is 3.37. The molecule has 0 saturated carbocycles. The van der Waals surface area contributed by atoms with Gasteiger partial charge < -0.3 is 14.2 Å². The Balaban J connectivity index is 1.61. The predicted octanol–water partition coefficient (Wildman–Crippen LogP) is 4.38. The zero-order valence-electron chi connectivity index (χ0n) is 14.8. The number of aromatic nitrogens is 2. The minimum atomic E-state index is -0.247. The standard InChI is InChI=1S/C20H18ClN3O3/c1-26-17-12-14(21)9-10-15(17)20(25)24-11-5-8-16(24)19-22-18(23-27-19)13-6-3-2-4-7-13/h2-4,6-7,9-10,12,16H,5,8,11H2,1H3. The molecule has 0 bridgehead atoms. The zero-order chi connectivity index (χ0) is 18.8. The molecule has 0 aliphatic carbocycles. The van der Waals surface area contributed by atoms with Gasteiger partial charge in [0.2, 0.25) is 11.7 Å². The van der Waals surface area contributed by atoms with E-state index in [0.29, 0.717) is 34.6 Å². The van der Waals surface area contributed by atoms with Gasteiger partial charge in [-0.15, -0.1) is 0 Å². The number of rotatable bonds is 4. The lowest BCUT2D eigenvalue weighted by Gasteiger charge is -2.22. The number of likely N-dealkylation sites (tertiary alicyclic amines) is 1. The number of carbonyl (C=O) groups excluding carboxylic acids is 1. The molecule has 7 heteroatoms. The molecular weight excluding hydrogens is 366 g/mol. The van der Waals surface area contributed by atoms with Gasteiger partial charge in [-0.25, -0.2) is 0 Å². The molecular formula is C20H18ClN3O3. The monoisotopic (exact) mass is 383 g/mol. The van der Waals surface area contributed by atoms with Gasteiger partial charge in [-0.3, -0.25) is 4.79 Å². The van der Waals surface area contributed by atoms with Crippen LogP contribution in [0.4, 0.5) is 0 Å². The summed E-state index contributed by atoms with van der Waals surface area (Å²) >= 11 is 6.01. The van der Waals surface area contributed by atoms with Crippen LogP contribution in [0.5, 0.6) is 5.75 Å². The minimum Gasteiger partial charge on any atom is -0.496 e. The van der Waals surface area contributed by atoms with Crippen LogP contribution in [0.2, 0.25) is 5.02 Å². The van der Waals surface area contributed by atoms with Crippen LogP contribution in [0.25, 0.3) is 11.4 Å². The van der Waals surface area contributed by atoms with E-state index < -0.39 is 0 Å². The number of carbonyl (C=O) groups is 1. The summed E-state index contributed by atoms with van der Waals surface area (Å²) in [6.45, 7) is 0.623. The van der Waals surface area contributed by atoms with Crippen molar-refractivity contribution in [1.82, 2.24) is 15.0 Å². The summed E-state index contributed by atoms with van der Waals surface area (Å²) in [6.07, 6.45) is 1.65. The Morgan fingerprint density at radius 2 is 2.07 bits per heavy atom. The Kier molecular flexibility index (Phi) is 4.81. The molecule has 4 rings (SSSR count). The molecule has 1 saturated heterocycles. The maximum Gasteiger partial charge on any atom is 0.258 e. The summed E-state index contributed by atoms with van der Waals surface area (Å²) in [4.78, 5) is 19.4. The third-order valence-electron chi connectivity index (χ3n) is 4.67. The van der Waals surface area contributed by atoms with Crippen molar-refractivity contribution < 1.29 is 14.1 Å². The lowest BCUT2D eigenvalue weighted by Crippen LogP contribution is -2.31. The molecule has 0 N–H and O–H groups in total. The predicted molar refractivity (Wildman–Crippen MR) is 101 cm³/mol. The first-order valence-corrected chi connectivity index (χ1v) is 9.08. The average molecular weight is 384 g/mol. The van der Waals surface area contributed by atoms with Gasteiger partial charge in [-0.1, -0.05) is 47.1 Å². The van der Waals surface area contributed by atoms with E-state index in [1.54, 1.807) is 23.1 Å². The maximum atomic E-state index is 13.1. The molecule has 2 aromatic carbocycles. The normalized spacial score (nSPS) is 16.5. The quantitative estimate of drug-likeness (QED) is 0.668. The first kappa shape index (κ1) is 17.5. The Labute approximate surface area is 161 Å². The largest absolute Gasteiger partial charge is 0.496 e. The highest BCUT2D eigenvalue weighted by atomic mass is 35.5. The third-order valence-corrected chi connectivity index (χ3v) is 4.90. The van der Waals surface area contributed by atoms with E-state index >= 15 is 0 Å². The fourth-order valence-electron chi connectivity index (χ4n) is 3.34. The number of halogens is 1. The van der Waals surface area contributed by atoms with Crippen molar-refractivity contribution in [3.63, 3.8) is 0 Å². The summed E-state index contributed by atoms with van der Waals surface area (Å²) in [5, 5.41) is 4.60. The van der Waals surface area contributed by atoms with Crippen LogP contribution in [0.15, 0.2) is 53.1 Å². The van der Waals surface area contributed by atoms with E-state index in [1.807, 2.05) is 30.3 Å². The van der Waals surface area contributed by atoms with Gasteiger partial charge in [0.05, 0.1) is 12.7 Å². The smallest absolute Gasteiger partial charge is 0.258 e. The summed E-state index contributed by atoms with van der Waals surface area (Å²) < 4.78 is 10.8. The van der Waals surface area contributed by atoms with E-state index in [4.69, 9.17) is 20.9 Å². The number of hydrogen-bond acceptors (Lipinski definition) is 5. The summed E-state index contributed by atoms with van der Waals surface area (Å²) in [5.74, 6) is 1.29. The number of benzene rings is 2. The molecule has 0 radical (unpaired) electrons. The molecule has 3 aromatic rings. The number of nitrogens with zero attached hydrogens (tertiary/aromatic N) is 3. The Bertz CT molecular complexity index is 958. The Hall–Kier alpha value is -2.86. The third kappa shape index (κ3) is 3.40. The lowest BCUT2D eigenvalue weighted by atomic mass is 10.1. The number of methoxy groups -OCH3 is 1. The molecule has 138 valence electrons. The van der Waals surface area contributed by atoms with Gasteiger partial charge in [0.25, 0.3) is 5.91 Å². The van der Waals surface area contributed by atoms with Crippen LogP contribution in [0, 0.1) is 0 Å². The van der Waals surface area contributed by atoms with Gasteiger partial charge in [-0.05, 0) is 31.0 Å². The van der Waals surface area contributed by atoms with Crippen molar-refractivity contribution >= 4 is 17.5 Å². The molecule has 6 nitrogen and oxygen atoms in total. The van der Waals surface area contributed by atoms with Crippen molar-refractivity contribution in [2.75, 3.05) is 13.7 Å². The van der Waals surface area contributed by atoms with Crippen molar-refractivity contribution in [1.29, 1.82) is 0 Å². The minimum absolute atomic E-state index is 0.134. The molecule has 1 aromatic heterocycles. The van der Waals surface area contributed by atoms with E-state index in [-0.39, 0.29) is 11.9 Å². The molecule has 1 amide bonds. The van der Waals surface area contributed by atoms with Gasteiger partial charge >= 0.3 is 0 Å². The second kappa shape index (κ2) is 7.40. The highest BCUT2D eigenvalue weighted by molar-refractivity contribution is 6.30. The first-order chi connectivity index (χ1) is 13.2. The first-order valence-electron chi connectivity index (χ1n) is 8.71. The summed E-state index contributed by atoms with van der Waals surface area (Å²) in [5.41, 5.74) is 1.35. The summed E-state index contributed by atoms with van der Waals surface area (Å²) in [7, 11) is 1.52. The Morgan fingerprint density at radius 1 is 1.26 bits per heavy atom. The van der Waals surface area contributed by atoms with Crippen LogP contribution >= 0.6 is 11.6 Å². The highest BCUT2D eigenvalue weighted by Crippen LogP contribution is 2.35. The van der Waals surface area contributed by atoms with E-state index in [1.165, 1.54) is 7.11 Å². The van der Waals surface area contributed by atoms with Crippen LogP contribution in [0.3, 0.4) is 0 Å². The molecule has 1 aliphatic rings. The van der Waals surface area contributed by atoms with E-state index in [2.05, 4.69) is 10.1 Å². The van der Waals surface area contributed by atoms with Crippen molar-refractivity contribution in [2.45, 2.75) is 18.9 Å². The number of hydrogen-bond donors (Lipinski definition) is 0. The molecule has 2 heterocycles. The van der Waals surface area contributed by atoms with E-state index in [9.17, 15) is 4.79 Å². The second-order valence-corrected chi connectivity index (χ2v) is 6.76. The SMILES string of the molecule is COc1cc(Cl)ccc1C(=O)N1CCCC1c1nc(-c2ccccc2)no1. The van der Waals surface area contributed by atoms with Gasteiger partial charge in [0.15, 0.2) is 0 Å². The fourth-order valence-corrected chi connectivity index (χ4v) is 3.50. The van der Waals surface area contributed by atoms with Crippen LogP contribution < -0.4 is 4.74 Å². The molecule has 0 spiro atoms. The fraction of sp³-hybridized carbons (Fsp3) is 0.250. The van der Waals surface area contributed by atoms with Crippen molar-refractivity contribution in [2.24, 2.45) is 0 Å². The molecule has 1 aliphatic heterocycles. The summed E-state index contributed by atoms with van der Waals surface area (Å²) in [6, 6.07) is 14.4. The zero-order valence-corrected chi connectivity index (χ0v) is 15.5. The van der Waals surface area contributed by atoms with Crippen molar-refractivity contribution in [3.8, 4) is 17.1 Å². The number of amides is 1. The Morgan fingerprint density at radius 3 is 2.85 bits per heavy atom. The molecule has 1 unspecified atom stereocenters. The highest BCUT2D eigenvalue weighted by Gasteiger charge is 2.35. The van der Waals surface area contributed by atoms with E-state index in [0.717, 1.165) is 18.4 Å². The molecule has 27 heavy (non-hydrogen) atoms. The number of ether oxygens (including phenoxy) is 1. The second-order valence-electron chi connectivity index (χ2n) is 6.32. The van der Waals surface area contributed by atoms with Crippen LogP contribution in [0.1, 0.15) is 35.1 Å². The maximum absolute atomic E-state index is 13.1. The van der Waals surface area contributed by atoms with Crippen LogP contribution in [-0.4, -0.2) is 34.6 Å².